The second kappa shape index (κ2) is 9.45. The topological polar surface area (TPSA) is 88.2 Å². The monoisotopic (exact) mass is 378 g/mol. The van der Waals surface area contributed by atoms with E-state index < -0.39 is 0 Å². The van der Waals surface area contributed by atoms with Crippen LogP contribution in [-0.4, -0.2) is 47.4 Å². The molecule has 0 spiro atoms. The molecule has 0 bridgehead atoms. The Morgan fingerprint density at radius 1 is 0.929 bits per heavy atom. The number of carbonyl (C=O) groups is 1. The number of nitrogens with two attached hydrogens (primary N) is 1. The number of aryl methyl sites for hydroxylation is 1. The normalized spacial score (nSPS) is 13.5. The quantitative estimate of drug-likeness (QED) is 0.701. The maximum Gasteiger partial charge on any atom is 0.168 e. The van der Waals surface area contributed by atoms with Gasteiger partial charge in [-0.25, -0.2) is 9.97 Å². The number of hydrogen-bond donors (Lipinski definition) is 1. The van der Waals surface area contributed by atoms with Gasteiger partial charge in [-0.3, -0.25) is 9.78 Å². The Kier molecular flexibility index (Phi) is 6.51. The molecule has 1 aliphatic rings. The minimum Gasteiger partial charge on any atom is -0.384 e. The van der Waals surface area contributed by atoms with Crippen LogP contribution in [0.25, 0.3) is 0 Å². The highest BCUT2D eigenvalue weighted by atomic mass is 16.1. The van der Waals surface area contributed by atoms with Gasteiger partial charge in [0.25, 0.3) is 0 Å². The van der Waals surface area contributed by atoms with Crippen molar-refractivity contribution in [1.29, 1.82) is 0 Å². The Labute approximate surface area is 166 Å². The molecule has 1 saturated heterocycles. The Hall–Kier alpha value is -3.48. The zero-order valence-electron chi connectivity index (χ0n) is 15.9. The van der Waals surface area contributed by atoms with E-state index in [0.29, 0.717) is 11.5 Å². The first-order chi connectivity index (χ1) is 13.7. The van der Waals surface area contributed by atoms with E-state index in [0.717, 1.165) is 49.5 Å². The summed E-state index contributed by atoms with van der Waals surface area (Å²) in [5.74, 6) is 1.62. The lowest BCUT2D eigenvalue weighted by atomic mass is 10.2. The molecule has 7 nitrogen and oxygen atoms in total. The lowest BCUT2D eigenvalue weighted by molar-refractivity contribution is 0.111. The molecule has 2 N–H and O–H groups in total. The van der Waals surface area contributed by atoms with Crippen LogP contribution in [0.4, 0.5) is 17.3 Å². The fourth-order valence-electron chi connectivity index (χ4n) is 2.87. The third-order valence-electron chi connectivity index (χ3n) is 4.44. The summed E-state index contributed by atoms with van der Waals surface area (Å²) < 4.78 is 0. The van der Waals surface area contributed by atoms with Gasteiger partial charge >= 0.3 is 0 Å². The maximum atomic E-state index is 10.1. The van der Waals surface area contributed by atoms with Crippen LogP contribution >= 0.6 is 0 Å². The van der Waals surface area contributed by atoms with E-state index in [9.17, 15) is 4.79 Å². The summed E-state index contributed by atoms with van der Waals surface area (Å²) >= 11 is 0. The second-order valence-electron chi connectivity index (χ2n) is 6.48. The fourth-order valence-corrected chi connectivity index (χ4v) is 2.87. The number of aldehydes is 1. The molecule has 1 aliphatic heterocycles. The van der Waals surface area contributed by atoms with Crippen molar-refractivity contribution in [3.8, 4) is 0 Å². The van der Waals surface area contributed by atoms with E-state index >= 15 is 0 Å². The van der Waals surface area contributed by atoms with E-state index in [-0.39, 0.29) is 1.43 Å². The smallest absolute Gasteiger partial charge is 0.168 e. The molecular formula is C21H26N6O. The highest BCUT2D eigenvalue weighted by Crippen LogP contribution is 2.18. The number of anilines is 3. The summed E-state index contributed by atoms with van der Waals surface area (Å²) in [4.78, 5) is 27.0. The number of aromatic nitrogens is 3. The predicted molar refractivity (Wildman–Crippen MR) is 114 cm³/mol. The lowest BCUT2D eigenvalue weighted by Crippen LogP contribution is -2.46. The van der Waals surface area contributed by atoms with Crippen LogP contribution in [0.1, 0.15) is 17.5 Å². The molecule has 146 valence electrons. The molecule has 4 rings (SSSR count). The first-order valence-electron chi connectivity index (χ1n) is 9.16. The largest absolute Gasteiger partial charge is 0.384 e. The molecule has 0 radical (unpaired) electrons. The number of carbonyl (C=O) groups excluding carboxylic acids is 1. The number of piperazine rings is 1. The van der Waals surface area contributed by atoms with E-state index in [4.69, 9.17) is 5.73 Å². The van der Waals surface area contributed by atoms with Gasteiger partial charge in [0.1, 0.15) is 17.3 Å². The Morgan fingerprint density at radius 2 is 1.71 bits per heavy atom. The van der Waals surface area contributed by atoms with Crippen LogP contribution in [0.3, 0.4) is 0 Å². The molecular weight excluding hydrogens is 352 g/mol. The molecule has 7 heteroatoms. The molecule has 28 heavy (non-hydrogen) atoms. The SMILES string of the molecule is Cc1ccc(C=O)nc1.Nc1ccc(N2CCN(c3ccccn3)CC2)cn1.[HH]. The number of pyridine rings is 3. The molecule has 0 atom stereocenters. The number of hydrogen-bond acceptors (Lipinski definition) is 7. The standard InChI is InChI=1S/C14H17N5.C7H7NO.H2/c15-13-5-4-12(11-17-13)18-7-9-19(10-8-18)14-3-1-2-6-16-14;1-6-2-3-7(5-9)8-4-6;/h1-6,11H,7-10H2,(H2,15,17);2-5H,1H3;1H. The zero-order chi connectivity index (χ0) is 19.8. The van der Waals surface area contributed by atoms with E-state index in [1.807, 2.05) is 49.6 Å². The minimum absolute atomic E-state index is 0. The molecule has 0 aliphatic carbocycles. The number of nitrogens with zero attached hydrogens (tertiary/aromatic N) is 5. The fraction of sp³-hybridized carbons (Fsp3) is 0.238. The highest BCUT2D eigenvalue weighted by Gasteiger charge is 2.18. The van der Waals surface area contributed by atoms with Gasteiger partial charge in [0.2, 0.25) is 0 Å². The summed E-state index contributed by atoms with van der Waals surface area (Å²) in [6.45, 7) is 5.83. The van der Waals surface area contributed by atoms with Gasteiger partial charge in [-0.1, -0.05) is 12.1 Å². The molecule has 0 aromatic carbocycles. The van der Waals surface area contributed by atoms with E-state index in [2.05, 4.69) is 30.8 Å². The molecule has 4 heterocycles. The Balaban J connectivity index is 0.000000255. The first-order valence-corrected chi connectivity index (χ1v) is 9.16. The van der Waals surface area contributed by atoms with Crippen LogP contribution in [0, 0.1) is 6.92 Å². The summed E-state index contributed by atoms with van der Waals surface area (Å²) in [6.07, 6.45) is 6.08. The van der Waals surface area contributed by atoms with Gasteiger partial charge in [0, 0.05) is 40.0 Å². The van der Waals surface area contributed by atoms with Crippen molar-refractivity contribution in [2.24, 2.45) is 0 Å². The molecule has 0 unspecified atom stereocenters. The third kappa shape index (κ3) is 5.26. The maximum absolute atomic E-state index is 10.1. The van der Waals surface area contributed by atoms with Crippen LogP contribution in [0.2, 0.25) is 0 Å². The number of rotatable bonds is 3. The van der Waals surface area contributed by atoms with Crippen LogP contribution in [0.15, 0.2) is 61.1 Å². The van der Waals surface area contributed by atoms with Gasteiger partial charge in [0.05, 0.1) is 11.9 Å². The number of nitrogen functional groups attached to an aromatic ring is 1. The average molecular weight is 378 g/mol. The van der Waals surface area contributed by atoms with Gasteiger partial charge < -0.3 is 15.5 Å². The van der Waals surface area contributed by atoms with Gasteiger partial charge in [0.15, 0.2) is 6.29 Å². The first kappa shape index (κ1) is 19.3. The summed E-state index contributed by atoms with van der Waals surface area (Å²) in [7, 11) is 0. The van der Waals surface area contributed by atoms with Crippen LogP contribution in [-0.2, 0) is 0 Å². The minimum atomic E-state index is 0. The molecule has 1 fully saturated rings. The predicted octanol–water partition coefficient (Wildman–Crippen LogP) is 2.83. The van der Waals surface area contributed by atoms with E-state index in [1.54, 1.807) is 12.3 Å². The van der Waals surface area contributed by atoms with Crippen molar-refractivity contribution < 1.29 is 6.22 Å². The van der Waals surface area contributed by atoms with Gasteiger partial charge in [-0.05, 0) is 42.8 Å². The Bertz CT molecular complexity index is 866. The van der Waals surface area contributed by atoms with Crippen molar-refractivity contribution in [3.05, 3.63) is 72.3 Å². The average Bonchev–Trinajstić information content (AvgIpc) is 2.76. The van der Waals surface area contributed by atoms with Gasteiger partial charge in [-0.2, -0.15) is 0 Å². The van der Waals surface area contributed by atoms with Crippen molar-refractivity contribution in [2.45, 2.75) is 6.92 Å². The molecule has 3 aromatic heterocycles. The molecule has 0 saturated carbocycles. The zero-order valence-corrected chi connectivity index (χ0v) is 15.9. The van der Waals surface area contributed by atoms with Crippen LogP contribution < -0.4 is 15.5 Å². The molecule has 0 amide bonds. The summed E-state index contributed by atoms with van der Waals surface area (Å²) in [6, 6.07) is 13.5. The van der Waals surface area contributed by atoms with Crippen molar-refractivity contribution >= 4 is 23.6 Å². The highest BCUT2D eigenvalue weighted by molar-refractivity contribution is 5.71. The Morgan fingerprint density at radius 3 is 2.29 bits per heavy atom. The summed E-state index contributed by atoms with van der Waals surface area (Å²) in [5, 5.41) is 0. The third-order valence-corrected chi connectivity index (χ3v) is 4.44. The van der Waals surface area contributed by atoms with E-state index in [1.165, 1.54) is 0 Å². The van der Waals surface area contributed by atoms with Crippen molar-refractivity contribution in [3.63, 3.8) is 0 Å². The second-order valence-corrected chi connectivity index (χ2v) is 6.48. The lowest BCUT2D eigenvalue weighted by Gasteiger charge is -2.36. The van der Waals surface area contributed by atoms with Crippen molar-refractivity contribution in [1.82, 2.24) is 15.0 Å². The molecule has 3 aromatic rings. The summed E-state index contributed by atoms with van der Waals surface area (Å²) in [5.41, 5.74) is 8.30. The van der Waals surface area contributed by atoms with Crippen molar-refractivity contribution in [2.75, 3.05) is 41.7 Å². The van der Waals surface area contributed by atoms with Gasteiger partial charge in [-0.15, -0.1) is 0 Å². The van der Waals surface area contributed by atoms with Crippen LogP contribution in [0.5, 0.6) is 0 Å².